The Morgan fingerprint density at radius 1 is 1.33 bits per heavy atom. The average Bonchev–Trinajstić information content (AvgIpc) is 1.90. The molecule has 1 aromatic rings. The van der Waals surface area contributed by atoms with Crippen LogP contribution in [0.1, 0.15) is 5.82 Å². The van der Waals surface area contributed by atoms with Gasteiger partial charge in [0.1, 0.15) is 5.82 Å². The van der Waals surface area contributed by atoms with Gasteiger partial charge in [0.2, 0.25) is 0 Å². The highest BCUT2D eigenvalue weighted by atomic mass is 79.9. The fourth-order valence-corrected chi connectivity index (χ4v) is 0.689. The zero-order valence-electron chi connectivity index (χ0n) is 4.62. The summed E-state index contributed by atoms with van der Waals surface area (Å²) in [6.07, 6.45) is 3.45. The molecule has 1 rings (SSSR count). The molecule has 0 atom stereocenters. The number of hydrogen-bond donors (Lipinski definition) is 0. The minimum absolute atomic E-state index is 0. The van der Waals surface area contributed by atoms with Crippen molar-refractivity contribution in [3.8, 4) is 0 Å². The number of alkyl halides is 1. The van der Waals surface area contributed by atoms with Crippen molar-refractivity contribution in [3.63, 3.8) is 0 Å². The lowest BCUT2D eigenvalue weighted by Gasteiger charge is -1.86. The van der Waals surface area contributed by atoms with Crippen LogP contribution in [-0.2, 0) is 5.33 Å². The number of rotatable bonds is 1. The molecule has 0 radical (unpaired) electrons. The van der Waals surface area contributed by atoms with Gasteiger partial charge in [0.15, 0.2) is 0 Å². The zero-order chi connectivity index (χ0) is 5.82. The SMILES string of the molecule is Br.BrCc1ncccn1. The summed E-state index contributed by atoms with van der Waals surface area (Å²) in [6.45, 7) is 0. The van der Waals surface area contributed by atoms with E-state index in [9.17, 15) is 0 Å². The predicted molar refractivity (Wildman–Crippen MR) is 45.0 cm³/mol. The molecule has 0 aliphatic heterocycles. The highest BCUT2D eigenvalue weighted by Gasteiger charge is 1.84. The predicted octanol–water partition coefficient (Wildman–Crippen LogP) is 1.95. The fourth-order valence-electron chi connectivity index (χ4n) is 0.399. The molecule has 0 aliphatic rings. The third kappa shape index (κ3) is 2.91. The van der Waals surface area contributed by atoms with E-state index in [4.69, 9.17) is 0 Å². The zero-order valence-corrected chi connectivity index (χ0v) is 7.92. The van der Waals surface area contributed by atoms with Gasteiger partial charge in [-0.05, 0) is 6.07 Å². The second-order valence-electron chi connectivity index (χ2n) is 1.30. The maximum absolute atomic E-state index is 3.94. The summed E-state index contributed by atoms with van der Waals surface area (Å²) in [5.74, 6) is 0.826. The van der Waals surface area contributed by atoms with Crippen molar-refractivity contribution in [2.75, 3.05) is 0 Å². The van der Waals surface area contributed by atoms with Crippen LogP contribution < -0.4 is 0 Å². The van der Waals surface area contributed by atoms with E-state index in [-0.39, 0.29) is 17.0 Å². The molecule has 0 saturated heterocycles. The maximum atomic E-state index is 3.94. The van der Waals surface area contributed by atoms with Gasteiger partial charge >= 0.3 is 0 Å². The smallest absolute Gasteiger partial charge is 0.138 e. The number of nitrogens with zero attached hydrogens (tertiary/aromatic N) is 2. The van der Waals surface area contributed by atoms with Crippen molar-refractivity contribution in [2.45, 2.75) is 5.33 Å². The van der Waals surface area contributed by atoms with Crippen LogP contribution >= 0.6 is 32.9 Å². The second-order valence-corrected chi connectivity index (χ2v) is 1.86. The Labute approximate surface area is 72.6 Å². The molecular weight excluding hydrogens is 248 g/mol. The van der Waals surface area contributed by atoms with Crippen LogP contribution in [0.15, 0.2) is 18.5 Å². The Bertz CT molecular complexity index is 154. The molecular formula is C5H6Br2N2. The van der Waals surface area contributed by atoms with E-state index in [0.717, 1.165) is 11.2 Å². The normalized spacial score (nSPS) is 8.11. The molecule has 0 aliphatic carbocycles. The van der Waals surface area contributed by atoms with Gasteiger partial charge in [-0.15, -0.1) is 17.0 Å². The van der Waals surface area contributed by atoms with E-state index in [0.29, 0.717) is 0 Å². The number of hydrogen-bond acceptors (Lipinski definition) is 2. The van der Waals surface area contributed by atoms with Gasteiger partial charge in [-0.1, -0.05) is 15.9 Å². The Kier molecular flexibility index (Phi) is 4.90. The molecule has 1 aromatic heterocycles. The third-order valence-electron chi connectivity index (χ3n) is 0.739. The summed E-state index contributed by atoms with van der Waals surface area (Å²) in [4.78, 5) is 7.88. The standard InChI is InChI=1S/C5H5BrN2.BrH/c6-4-5-7-2-1-3-8-5;/h1-3H,4H2;1H. The molecule has 4 heteroatoms. The molecule has 2 nitrogen and oxygen atoms in total. The molecule has 0 unspecified atom stereocenters. The number of halogens is 2. The molecule has 0 bridgehead atoms. The van der Waals surface area contributed by atoms with Crippen LogP contribution in [0.5, 0.6) is 0 Å². The molecule has 1 heterocycles. The van der Waals surface area contributed by atoms with E-state index in [2.05, 4.69) is 25.9 Å². The minimum atomic E-state index is 0. The van der Waals surface area contributed by atoms with Crippen molar-refractivity contribution < 1.29 is 0 Å². The Hall–Kier alpha value is 0.0400. The van der Waals surface area contributed by atoms with Crippen LogP contribution in [0.25, 0.3) is 0 Å². The quantitative estimate of drug-likeness (QED) is 0.715. The van der Waals surface area contributed by atoms with Crippen LogP contribution in [0.3, 0.4) is 0 Å². The summed E-state index contributed by atoms with van der Waals surface area (Å²) in [5.41, 5.74) is 0. The lowest BCUT2D eigenvalue weighted by Crippen LogP contribution is -1.85. The molecule has 0 N–H and O–H groups in total. The lowest BCUT2D eigenvalue weighted by molar-refractivity contribution is 1.04. The first-order valence-electron chi connectivity index (χ1n) is 2.25. The summed E-state index contributed by atoms with van der Waals surface area (Å²) in [5, 5.41) is 0.730. The van der Waals surface area contributed by atoms with Crippen LogP contribution in [0.2, 0.25) is 0 Å². The molecule has 9 heavy (non-hydrogen) atoms. The van der Waals surface area contributed by atoms with Crippen molar-refractivity contribution >= 4 is 32.9 Å². The largest absolute Gasteiger partial charge is 0.240 e. The molecule has 50 valence electrons. The van der Waals surface area contributed by atoms with Crippen LogP contribution in [-0.4, -0.2) is 9.97 Å². The topological polar surface area (TPSA) is 25.8 Å². The minimum Gasteiger partial charge on any atom is -0.240 e. The Morgan fingerprint density at radius 2 is 1.89 bits per heavy atom. The molecule has 0 aromatic carbocycles. The van der Waals surface area contributed by atoms with Crippen LogP contribution in [0, 0.1) is 0 Å². The first kappa shape index (κ1) is 9.04. The van der Waals surface area contributed by atoms with Gasteiger partial charge in [-0.2, -0.15) is 0 Å². The lowest BCUT2D eigenvalue weighted by atomic mass is 10.6. The van der Waals surface area contributed by atoms with Gasteiger partial charge in [-0.3, -0.25) is 0 Å². The van der Waals surface area contributed by atoms with Crippen molar-refractivity contribution in [1.82, 2.24) is 9.97 Å². The first-order chi connectivity index (χ1) is 3.93. The Balaban J connectivity index is 0.000000640. The van der Waals surface area contributed by atoms with E-state index >= 15 is 0 Å². The molecule has 0 spiro atoms. The maximum Gasteiger partial charge on any atom is 0.138 e. The summed E-state index contributed by atoms with van der Waals surface area (Å²) in [7, 11) is 0. The third-order valence-corrected chi connectivity index (χ3v) is 1.24. The van der Waals surface area contributed by atoms with Gasteiger partial charge in [0.05, 0.1) is 5.33 Å². The fraction of sp³-hybridized carbons (Fsp3) is 0.200. The molecule has 0 saturated carbocycles. The van der Waals surface area contributed by atoms with Gasteiger partial charge in [0.25, 0.3) is 0 Å². The summed E-state index contributed by atoms with van der Waals surface area (Å²) < 4.78 is 0. The van der Waals surface area contributed by atoms with Crippen molar-refractivity contribution in [3.05, 3.63) is 24.3 Å². The second kappa shape index (κ2) is 4.88. The monoisotopic (exact) mass is 252 g/mol. The number of aromatic nitrogens is 2. The van der Waals surface area contributed by atoms with Gasteiger partial charge < -0.3 is 0 Å². The average molecular weight is 254 g/mol. The van der Waals surface area contributed by atoms with Crippen LogP contribution in [0.4, 0.5) is 0 Å². The van der Waals surface area contributed by atoms with E-state index in [1.807, 2.05) is 0 Å². The van der Waals surface area contributed by atoms with Crippen molar-refractivity contribution in [1.29, 1.82) is 0 Å². The molecule has 0 fully saturated rings. The summed E-state index contributed by atoms with van der Waals surface area (Å²) in [6, 6.07) is 1.80. The highest BCUT2D eigenvalue weighted by molar-refractivity contribution is 9.08. The first-order valence-corrected chi connectivity index (χ1v) is 3.37. The van der Waals surface area contributed by atoms with Crippen molar-refractivity contribution in [2.24, 2.45) is 0 Å². The van der Waals surface area contributed by atoms with Gasteiger partial charge in [-0.25, -0.2) is 9.97 Å². The van der Waals surface area contributed by atoms with E-state index in [1.54, 1.807) is 18.5 Å². The van der Waals surface area contributed by atoms with E-state index in [1.165, 1.54) is 0 Å². The van der Waals surface area contributed by atoms with E-state index < -0.39 is 0 Å². The highest BCUT2D eigenvalue weighted by Crippen LogP contribution is 1.93. The van der Waals surface area contributed by atoms with Gasteiger partial charge in [0, 0.05) is 12.4 Å². The molecule has 0 amide bonds. The summed E-state index contributed by atoms with van der Waals surface area (Å²) >= 11 is 3.23. The Morgan fingerprint density at radius 3 is 2.22 bits per heavy atom.